The van der Waals surface area contributed by atoms with E-state index in [2.05, 4.69) is 11.6 Å². The Kier molecular flexibility index (Phi) is 9.05. The van der Waals surface area contributed by atoms with Crippen LogP contribution in [-0.4, -0.2) is 61.9 Å². The highest BCUT2D eigenvalue weighted by molar-refractivity contribution is 14.0. The van der Waals surface area contributed by atoms with Crippen LogP contribution in [0.4, 0.5) is 0 Å². The molecule has 18 heavy (non-hydrogen) atoms. The molecule has 0 saturated carbocycles. The second-order valence-corrected chi connectivity index (χ2v) is 7.20. The third-order valence-electron chi connectivity index (χ3n) is 2.38. The summed E-state index contributed by atoms with van der Waals surface area (Å²) in [6.45, 7) is 5.42. The van der Waals surface area contributed by atoms with E-state index in [1.807, 2.05) is 16.7 Å². The predicted molar refractivity (Wildman–Crippen MR) is 89.7 cm³/mol. The third kappa shape index (κ3) is 6.83. The van der Waals surface area contributed by atoms with E-state index in [0.717, 1.165) is 24.6 Å². The molecule has 1 aliphatic rings. The summed E-state index contributed by atoms with van der Waals surface area (Å²) in [5, 5.41) is 0. The first-order valence-electron chi connectivity index (χ1n) is 5.49. The van der Waals surface area contributed by atoms with Crippen molar-refractivity contribution in [3.05, 3.63) is 12.7 Å². The van der Waals surface area contributed by atoms with E-state index in [4.69, 9.17) is 5.73 Å². The first kappa shape index (κ1) is 18.0. The van der Waals surface area contributed by atoms with Gasteiger partial charge in [0.1, 0.15) is 0 Å². The third-order valence-corrected chi connectivity index (χ3v) is 4.87. The molecule has 8 heteroatoms. The molecule has 0 aliphatic carbocycles. The highest BCUT2D eigenvalue weighted by atomic mass is 127. The molecular weight excluding hydrogens is 385 g/mol. The SMILES string of the molecule is C=CCS(=O)(=O)CCN=C(N)N1CCSCC1.I. The summed E-state index contributed by atoms with van der Waals surface area (Å²) in [5.74, 6) is 2.58. The second kappa shape index (κ2) is 9.03. The van der Waals surface area contributed by atoms with Crippen molar-refractivity contribution in [2.24, 2.45) is 10.7 Å². The molecule has 0 atom stereocenters. The fourth-order valence-electron chi connectivity index (χ4n) is 1.45. The Morgan fingerprint density at radius 3 is 2.61 bits per heavy atom. The van der Waals surface area contributed by atoms with Crippen LogP contribution in [0.3, 0.4) is 0 Å². The average Bonchev–Trinajstić information content (AvgIpc) is 2.29. The maximum Gasteiger partial charge on any atom is 0.191 e. The predicted octanol–water partition coefficient (Wildman–Crippen LogP) is 0.569. The van der Waals surface area contributed by atoms with Crippen LogP contribution >= 0.6 is 35.7 Å². The number of thioether (sulfide) groups is 1. The number of nitrogens with two attached hydrogens (primary N) is 1. The number of halogens is 1. The fraction of sp³-hybridized carbons (Fsp3) is 0.700. The molecule has 5 nitrogen and oxygen atoms in total. The smallest absolute Gasteiger partial charge is 0.191 e. The van der Waals surface area contributed by atoms with Gasteiger partial charge in [0.2, 0.25) is 0 Å². The molecule has 0 spiro atoms. The quantitative estimate of drug-likeness (QED) is 0.313. The van der Waals surface area contributed by atoms with E-state index >= 15 is 0 Å². The van der Waals surface area contributed by atoms with Crippen molar-refractivity contribution in [2.45, 2.75) is 0 Å². The van der Waals surface area contributed by atoms with Crippen molar-refractivity contribution in [3.8, 4) is 0 Å². The van der Waals surface area contributed by atoms with Gasteiger partial charge in [-0.1, -0.05) is 6.08 Å². The minimum Gasteiger partial charge on any atom is -0.370 e. The van der Waals surface area contributed by atoms with Crippen LogP contribution < -0.4 is 5.73 Å². The van der Waals surface area contributed by atoms with Gasteiger partial charge in [-0.25, -0.2) is 8.42 Å². The maximum atomic E-state index is 11.4. The summed E-state index contributed by atoms with van der Waals surface area (Å²) in [4.78, 5) is 6.11. The molecule has 106 valence electrons. The van der Waals surface area contributed by atoms with E-state index in [-0.39, 0.29) is 42.0 Å². The van der Waals surface area contributed by atoms with Gasteiger partial charge in [0.25, 0.3) is 0 Å². The molecule has 0 aromatic carbocycles. The lowest BCUT2D eigenvalue weighted by molar-refractivity contribution is 0.456. The zero-order valence-corrected chi connectivity index (χ0v) is 14.2. The van der Waals surface area contributed by atoms with Gasteiger partial charge < -0.3 is 10.6 Å². The minimum absolute atomic E-state index is 0. The molecule has 1 heterocycles. The molecule has 2 N–H and O–H groups in total. The van der Waals surface area contributed by atoms with Crippen LogP contribution in [0.15, 0.2) is 17.6 Å². The van der Waals surface area contributed by atoms with Crippen molar-refractivity contribution in [2.75, 3.05) is 42.6 Å². The van der Waals surface area contributed by atoms with Crippen LogP contribution in [0.25, 0.3) is 0 Å². The lowest BCUT2D eigenvalue weighted by atomic mass is 10.5. The molecule has 0 bridgehead atoms. The standard InChI is InChI=1S/C10H19N3O2S2.HI/c1-2-8-17(14,15)9-3-12-10(11)13-4-6-16-7-5-13;/h2H,1,3-9H2,(H2,11,12);1H. The molecule has 0 aromatic heterocycles. The van der Waals surface area contributed by atoms with Gasteiger partial charge in [0.15, 0.2) is 15.8 Å². The average molecular weight is 405 g/mol. The summed E-state index contributed by atoms with van der Waals surface area (Å²) in [6, 6.07) is 0. The molecule has 0 aromatic rings. The van der Waals surface area contributed by atoms with E-state index < -0.39 is 9.84 Å². The zero-order chi connectivity index (χ0) is 12.7. The van der Waals surface area contributed by atoms with Gasteiger partial charge in [-0.15, -0.1) is 30.6 Å². The summed E-state index contributed by atoms with van der Waals surface area (Å²) in [5.41, 5.74) is 5.80. The Balaban J connectivity index is 0.00000289. The minimum atomic E-state index is -3.06. The van der Waals surface area contributed by atoms with Gasteiger partial charge in [-0.2, -0.15) is 11.8 Å². The first-order valence-corrected chi connectivity index (χ1v) is 8.47. The van der Waals surface area contributed by atoms with Crippen LogP contribution in [0.1, 0.15) is 0 Å². The Hall–Kier alpha value is 0.0400. The largest absolute Gasteiger partial charge is 0.370 e. The Bertz CT molecular complexity index is 379. The highest BCUT2D eigenvalue weighted by Crippen LogP contribution is 2.08. The van der Waals surface area contributed by atoms with Gasteiger partial charge in [-0.05, 0) is 0 Å². The van der Waals surface area contributed by atoms with Crippen LogP contribution in [0.2, 0.25) is 0 Å². The zero-order valence-electron chi connectivity index (χ0n) is 10.2. The molecule has 1 rings (SSSR count). The Morgan fingerprint density at radius 1 is 1.44 bits per heavy atom. The van der Waals surface area contributed by atoms with Crippen LogP contribution in [0.5, 0.6) is 0 Å². The lowest BCUT2D eigenvalue weighted by Crippen LogP contribution is -2.42. The van der Waals surface area contributed by atoms with Crippen molar-refractivity contribution in [1.29, 1.82) is 0 Å². The van der Waals surface area contributed by atoms with E-state index in [9.17, 15) is 8.42 Å². The first-order chi connectivity index (χ1) is 8.05. The fourth-order valence-corrected chi connectivity index (χ4v) is 3.25. The van der Waals surface area contributed by atoms with Crippen molar-refractivity contribution in [3.63, 3.8) is 0 Å². The monoisotopic (exact) mass is 405 g/mol. The van der Waals surface area contributed by atoms with E-state index in [1.165, 1.54) is 6.08 Å². The van der Waals surface area contributed by atoms with Gasteiger partial charge in [0, 0.05) is 24.6 Å². The number of hydrogen-bond donors (Lipinski definition) is 1. The number of hydrogen-bond acceptors (Lipinski definition) is 4. The van der Waals surface area contributed by atoms with E-state index in [1.54, 1.807) is 0 Å². The number of aliphatic imine (C=N–C) groups is 1. The van der Waals surface area contributed by atoms with E-state index in [0.29, 0.717) is 5.96 Å². The summed E-state index contributed by atoms with van der Waals surface area (Å²) in [7, 11) is -3.06. The Morgan fingerprint density at radius 2 is 2.06 bits per heavy atom. The number of nitrogens with zero attached hydrogens (tertiary/aromatic N) is 2. The summed E-state index contributed by atoms with van der Waals surface area (Å²) >= 11 is 1.89. The maximum absolute atomic E-state index is 11.4. The topological polar surface area (TPSA) is 75.8 Å². The molecule has 0 unspecified atom stereocenters. The lowest BCUT2D eigenvalue weighted by Gasteiger charge is -2.27. The van der Waals surface area contributed by atoms with Crippen LogP contribution in [-0.2, 0) is 9.84 Å². The van der Waals surface area contributed by atoms with Gasteiger partial charge in [-0.3, -0.25) is 4.99 Å². The number of rotatable bonds is 5. The Labute approximate surface area is 130 Å². The molecule has 0 radical (unpaired) electrons. The van der Waals surface area contributed by atoms with Crippen molar-refractivity contribution >= 4 is 51.5 Å². The molecule has 1 fully saturated rings. The molecule has 1 saturated heterocycles. The van der Waals surface area contributed by atoms with Gasteiger partial charge >= 0.3 is 0 Å². The summed E-state index contributed by atoms with van der Waals surface area (Å²) in [6.07, 6.45) is 1.39. The van der Waals surface area contributed by atoms with Crippen molar-refractivity contribution in [1.82, 2.24) is 4.90 Å². The number of sulfone groups is 1. The highest BCUT2D eigenvalue weighted by Gasteiger charge is 2.12. The molecule has 1 aliphatic heterocycles. The second-order valence-electron chi connectivity index (χ2n) is 3.74. The normalized spacial score (nSPS) is 17.1. The molecular formula is C10H20IN3O2S2. The van der Waals surface area contributed by atoms with Gasteiger partial charge in [0.05, 0.1) is 18.1 Å². The number of guanidine groups is 1. The molecule has 0 amide bonds. The van der Waals surface area contributed by atoms with Crippen LogP contribution in [0, 0.1) is 0 Å². The van der Waals surface area contributed by atoms with Crippen molar-refractivity contribution < 1.29 is 8.42 Å². The summed E-state index contributed by atoms with van der Waals surface area (Å²) < 4.78 is 22.8.